The number of carbonyl (C=O) groups is 1. The Morgan fingerprint density at radius 3 is 2.71 bits per heavy atom. The van der Waals surface area contributed by atoms with Crippen LogP contribution in [0.15, 0.2) is 6.07 Å². The van der Waals surface area contributed by atoms with E-state index in [0.29, 0.717) is 17.9 Å². The van der Waals surface area contributed by atoms with Crippen molar-refractivity contribution >= 4 is 11.8 Å². The predicted octanol–water partition coefficient (Wildman–Crippen LogP) is 0.901. The number of nitrogens with zero attached hydrogens (tertiary/aromatic N) is 3. The molecule has 1 aromatic heterocycles. The first kappa shape index (κ1) is 15.7. The maximum atomic E-state index is 11.5. The van der Waals surface area contributed by atoms with E-state index in [9.17, 15) is 9.90 Å². The number of pyridine rings is 1. The van der Waals surface area contributed by atoms with Crippen LogP contribution in [0.2, 0.25) is 0 Å². The average Bonchev–Trinajstić information content (AvgIpc) is 2.63. The number of hydrogen-bond donors (Lipinski definition) is 2. The number of aliphatic hydroxyl groups excluding tert-OH is 1. The van der Waals surface area contributed by atoms with Crippen LogP contribution in [0.25, 0.3) is 0 Å². The Bertz CT molecular complexity index is 519. The number of aromatic nitrogens is 1. The van der Waals surface area contributed by atoms with E-state index in [-0.39, 0.29) is 6.61 Å². The molecule has 116 valence electrons. The van der Waals surface area contributed by atoms with Gasteiger partial charge in [-0.1, -0.05) is 0 Å². The Balaban J connectivity index is 2.27. The van der Waals surface area contributed by atoms with Crippen LogP contribution in [-0.4, -0.2) is 65.4 Å². The van der Waals surface area contributed by atoms with Crippen molar-refractivity contribution in [3.63, 3.8) is 0 Å². The van der Waals surface area contributed by atoms with Gasteiger partial charge in [0, 0.05) is 31.9 Å². The molecule has 1 aliphatic rings. The smallest absolute Gasteiger partial charge is 0.339 e. The summed E-state index contributed by atoms with van der Waals surface area (Å²) in [5.41, 5.74) is 1.89. The third kappa shape index (κ3) is 3.71. The van der Waals surface area contributed by atoms with Crippen molar-refractivity contribution in [2.24, 2.45) is 0 Å². The zero-order valence-electron chi connectivity index (χ0n) is 12.7. The molecule has 6 heteroatoms. The first-order chi connectivity index (χ1) is 10.0. The summed E-state index contributed by atoms with van der Waals surface area (Å²) >= 11 is 0. The van der Waals surface area contributed by atoms with E-state index >= 15 is 0 Å². The number of β-amino-alcohol motifs (C(OH)–C–C–N with tert-alkyl or cyclic N) is 1. The zero-order chi connectivity index (χ0) is 15.4. The normalized spacial score (nSPS) is 16.8. The van der Waals surface area contributed by atoms with Crippen LogP contribution >= 0.6 is 0 Å². The number of carboxylic acids is 1. The molecule has 0 aromatic carbocycles. The maximum Gasteiger partial charge on any atom is 0.339 e. The van der Waals surface area contributed by atoms with E-state index in [0.717, 1.165) is 43.9 Å². The van der Waals surface area contributed by atoms with Crippen LogP contribution < -0.4 is 4.90 Å². The Morgan fingerprint density at radius 2 is 2.05 bits per heavy atom. The predicted molar refractivity (Wildman–Crippen MR) is 81.0 cm³/mol. The van der Waals surface area contributed by atoms with Crippen LogP contribution in [0.1, 0.15) is 28.0 Å². The first-order valence-electron chi connectivity index (χ1n) is 7.32. The number of aliphatic hydroxyl groups is 1. The Hall–Kier alpha value is -1.66. The summed E-state index contributed by atoms with van der Waals surface area (Å²) in [6.45, 7) is 7.78. The molecule has 1 aliphatic heterocycles. The third-order valence-corrected chi connectivity index (χ3v) is 3.84. The highest BCUT2D eigenvalue weighted by Gasteiger charge is 2.23. The van der Waals surface area contributed by atoms with Crippen LogP contribution in [-0.2, 0) is 0 Å². The second kappa shape index (κ2) is 6.87. The van der Waals surface area contributed by atoms with Crippen molar-refractivity contribution < 1.29 is 15.0 Å². The molecule has 0 spiro atoms. The fourth-order valence-corrected chi connectivity index (χ4v) is 2.86. The van der Waals surface area contributed by atoms with E-state index in [2.05, 4.69) is 14.8 Å². The summed E-state index contributed by atoms with van der Waals surface area (Å²) < 4.78 is 0. The van der Waals surface area contributed by atoms with Gasteiger partial charge >= 0.3 is 5.97 Å². The van der Waals surface area contributed by atoms with E-state index in [4.69, 9.17) is 5.11 Å². The van der Waals surface area contributed by atoms with Gasteiger partial charge in [0.15, 0.2) is 0 Å². The molecule has 0 amide bonds. The van der Waals surface area contributed by atoms with Crippen molar-refractivity contribution in [1.29, 1.82) is 0 Å². The SMILES string of the molecule is Cc1cc(C)c(C(=O)O)c(N2CCCN(CCO)CC2)n1. The van der Waals surface area contributed by atoms with Crippen molar-refractivity contribution in [3.05, 3.63) is 22.9 Å². The molecule has 1 aromatic rings. The van der Waals surface area contributed by atoms with Gasteiger partial charge in [-0.3, -0.25) is 4.90 Å². The molecule has 0 atom stereocenters. The lowest BCUT2D eigenvalue weighted by molar-refractivity contribution is 0.0696. The number of anilines is 1. The summed E-state index contributed by atoms with van der Waals surface area (Å²) in [5, 5.41) is 18.5. The lowest BCUT2D eigenvalue weighted by atomic mass is 10.1. The van der Waals surface area contributed by atoms with Crippen LogP contribution in [0.5, 0.6) is 0 Å². The number of rotatable bonds is 4. The summed E-state index contributed by atoms with van der Waals surface area (Å²) in [4.78, 5) is 20.3. The molecule has 21 heavy (non-hydrogen) atoms. The third-order valence-electron chi connectivity index (χ3n) is 3.84. The van der Waals surface area contributed by atoms with Gasteiger partial charge in [-0.25, -0.2) is 9.78 Å². The zero-order valence-corrected chi connectivity index (χ0v) is 12.7. The van der Waals surface area contributed by atoms with Crippen molar-refractivity contribution in [2.75, 3.05) is 44.2 Å². The van der Waals surface area contributed by atoms with Gasteiger partial charge in [0.25, 0.3) is 0 Å². The van der Waals surface area contributed by atoms with E-state index in [1.807, 2.05) is 19.9 Å². The fourth-order valence-electron chi connectivity index (χ4n) is 2.86. The molecular formula is C15H23N3O3. The van der Waals surface area contributed by atoms with Crippen molar-refractivity contribution in [3.8, 4) is 0 Å². The summed E-state index contributed by atoms with van der Waals surface area (Å²) in [6.07, 6.45) is 0.938. The van der Waals surface area contributed by atoms with Gasteiger partial charge in [0.05, 0.1) is 6.61 Å². The molecule has 0 unspecified atom stereocenters. The minimum absolute atomic E-state index is 0.155. The van der Waals surface area contributed by atoms with E-state index < -0.39 is 5.97 Å². The van der Waals surface area contributed by atoms with E-state index in [1.165, 1.54) is 0 Å². The average molecular weight is 293 g/mol. The highest BCUT2D eigenvalue weighted by molar-refractivity contribution is 5.95. The molecule has 6 nitrogen and oxygen atoms in total. The fraction of sp³-hybridized carbons (Fsp3) is 0.600. The second-order valence-corrected chi connectivity index (χ2v) is 5.49. The standard InChI is InChI=1S/C15H23N3O3/c1-11-10-12(2)16-14(13(11)15(20)21)18-5-3-4-17(6-7-18)8-9-19/h10,19H,3-9H2,1-2H3,(H,20,21). The van der Waals surface area contributed by atoms with Gasteiger partial charge in [-0.2, -0.15) is 0 Å². The molecule has 2 heterocycles. The lowest BCUT2D eigenvalue weighted by Crippen LogP contribution is -2.33. The Kier molecular flexibility index (Phi) is 5.14. The minimum atomic E-state index is -0.925. The van der Waals surface area contributed by atoms with Crippen molar-refractivity contribution in [1.82, 2.24) is 9.88 Å². The number of aromatic carboxylic acids is 1. The molecule has 1 saturated heterocycles. The summed E-state index contributed by atoms with van der Waals surface area (Å²) in [7, 11) is 0. The second-order valence-electron chi connectivity index (χ2n) is 5.49. The van der Waals surface area contributed by atoms with Crippen molar-refractivity contribution in [2.45, 2.75) is 20.3 Å². The van der Waals surface area contributed by atoms with Gasteiger partial charge in [-0.05, 0) is 38.4 Å². The molecule has 0 saturated carbocycles. The number of aryl methyl sites for hydroxylation is 2. The van der Waals surface area contributed by atoms with Crippen LogP contribution in [0.3, 0.4) is 0 Å². The molecule has 2 N–H and O–H groups in total. The quantitative estimate of drug-likeness (QED) is 0.859. The summed E-state index contributed by atoms with van der Waals surface area (Å²) in [6, 6.07) is 1.81. The number of carboxylic acid groups (broad SMARTS) is 1. The van der Waals surface area contributed by atoms with Gasteiger partial charge in [0.2, 0.25) is 0 Å². The van der Waals surface area contributed by atoms with Crippen LogP contribution in [0, 0.1) is 13.8 Å². The monoisotopic (exact) mass is 293 g/mol. The first-order valence-corrected chi connectivity index (χ1v) is 7.32. The van der Waals surface area contributed by atoms with Gasteiger partial charge in [-0.15, -0.1) is 0 Å². The molecule has 0 bridgehead atoms. The van der Waals surface area contributed by atoms with E-state index in [1.54, 1.807) is 0 Å². The van der Waals surface area contributed by atoms with Gasteiger partial charge in [0.1, 0.15) is 11.4 Å². The molecule has 2 rings (SSSR count). The molecule has 1 fully saturated rings. The number of hydrogen-bond acceptors (Lipinski definition) is 5. The Labute approximate surface area is 125 Å². The van der Waals surface area contributed by atoms with Crippen LogP contribution in [0.4, 0.5) is 5.82 Å². The largest absolute Gasteiger partial charge is 0.478 e. The lowest BCUT2D eigenvalue weighted by Gasteiger charge is -2.25. The summed E-state index contributed by atoms with van der Waals surface area (Å²) in [5.74, 6) is -0.350. The minimum Gasteiger partial charge on any atom is -0.478 e. The maximum absolute atomic E-state index is 11.5. The molecule has 0 radical (unpaired) electrons. The molecular weight excluding hydrogens is 270 g/mol. The molecule has 0 aliphatic carbocycles. The Morgan fingerprint density at radius 1 is 1.29 bits per heavy atom. The highest BCUT2D eigenvalue weighted by atomic mass is 16.4. The topological polar surface area (TPSA) is 76.9 Å². The highest BCUT2D eigenvalue weighted by Crippen LogP contribution is 2.23. The van der Waals surface area contributed by atoms with Gasteiger partial charge < -0.3 is 15.1 Å².